The molecule has 1 rings (SSSR count). The van der Waals surface area contributed by atoms with Crippen molar-refractivity contribution in [2.45, 2.75) is 65.0 Å². The van der Waals surface area contributed by atoms with Gasteiger partial charge < -0.3 is 15.2 Å². The van der Waals surface area contributed by atoms with Crippen molar-refractivity contribution in [1.82, 2.24) is 5.32 Å². The molecule has 110 valence electrons. The van der Waals surface area contributed by atoms with Crippen molar-refractivity contribution in [1.29, 1.82) is 0 Å². The summed E-state index contributed by atoms with van der Waals surface area (Å²) in [5.74, 6) is -0.593. The molecule has 1 fully saturated rings. The van der Waals surface area contributed by atoms with Gasteiger partial charge in [-0.15, -0.1) is 0 Å². The average Bonchev–Trinajstić information content (AvgIpc) is 2.17. The van der Waals surface area contributed by atoms with Crippen LogP contribution < -0.4 is 5.32 Å². The number of carbonyl (C=O) groups is 2. The van der Waals surface area contributed by atoms with Crippen molar-refractivity contribution in [2.24, 2.45) is 11.8 Å². The monoisotopic (exact) mass is 271 g/mol. The molecule has 0 heterocycles. The summed E-state index contributed by atoms with van der Waals surface area (Å²) >= 11 is 0. The molecule has 0 aliphatic heterocycles. The first-order valence-corrected chi connectivity index (χ1v) is 6.97. The largest absolute Gasteiger partial charge is 0.480 e. The van der Waals surface area contributed by atoms with Gasteiger partial charge in [-0.05, 0) is 32.6 Å². The molecule has 0 aromatic carbocycles. The molecule has 0 saturated heterocycles. The Morgan fingerprint density at radius 3 is 2.26 bits per heavy atom. The molecule has 19 heavy (non-hydrogen) atoms. The van der Waals surface area contributed by atoms with E-state index in [9.17, 15) is 14.7 Å². The molecule has 1 saturated carbocycles. The molecule has 0 bridgehead atoms. The van der Waals surface area contributed by atoms with Gasteiger partial charge in [0.05, 0.1) is 0 Å². The number of ether oxygens (including phenoxy) is 1. The van der Waals surface area contributed by atoms with E-state index in [1.54, 1.807) is 20.8 Å². The minimum absolute atomic E-state index is 0.0150. The molecule has 1 aliphatic rings. The number of carbonyl (C=O) groups excluding carboxylic acids is 1. The van der Waals surface area contributed by atoms with Crippen LogP contribution in [0.2, 0.25) is 0 Å². The van der Waals surface area contributed by atoms with Crippen LogP contribution in [0.1, 0.15) is 53.4 Å². The molecule has 1 unspecified atom stereocenters. The fourth-order valence-corrected chi connectivity index (χ4v) is 2.50. The van der Waals surface area contributed by atoms with E-state index in [1.807, 2.05) is 6.92 Å². The smallest absolute Gasteiger partial charge is 0.408 e. The van der Waals surface area contributed by atoms with E-state index in [0.29, 0.717) is 5.92 Å². The Hall–Kier alpha value is -1.26. The lowest BCUT2D eigenvalue weighted by molar-refractivity contribution is -0.142. The van der Waals surface area contributed by atoms with Gasteiger partial charge in [-0.3, -0.25) is 0 Å². The Kier molecular flexibility index (Phi) is 5.20. The summed E-state index contributed by atoms with van der Waals surface area (Å²) in [4.78, 5) is 23.1. The van der Waals surface area contributed by atoms with E-state index in [0.717, 1.165) is 25.7 Å². The number of aliphatic carboxylic acids is 1. The first kappa shape index (κ1) is 15.8. The first-order valence-electron chi connectivity index (χ1n) is 6.97. The number of hydrogen-bond acceptors (Lipinski definition) is 3. The predicted octanol–water partition coefficient (Wildman–Crippen LogP) is 2.79. The zero-order valence-corrected chi connectivity index (χ0v) is 12.2. The minimum atomic E-state index is -0.982. The number of amides is 1. The Balaban J connectivity index is 2.66. The molecule has 0 aromatic rings. The maximum atomic E-state index is 11.7. The average molecular weight is 271 g/mol. The second kappa shape index (κ2) is 6.26. The van der Waals surface area contributed by atoms with Crippen LogP contribution in [0.25, 0.3) is 0 Å². The summed E-state index contributed by atoms with van der Waals surface area (Å²) in [7, 11) is 0. The van der Waals surface area contributed by atoms with Gasteiger partial charge in [0, 0.05) is 0 Å². The highest BCUT2D eigenvalue weighted by atomic mass is 16.6. The van der Waals surface area contributed by atoms with Gasteiger partial charge in [0.25, 0.3) is 0 Å². The van der Waals surface area contributed by atoms with Crippen molar-refractivity contribution in [3.8, 4) is 0 Å². The lowest BCUT2D eigenvalue weighted by Crippen LogP contribution is -2.50. The number of alkyl carbamates (subject to hydrolysis) is 1. The molecular formula is C14H25NO4. The fraction of sp³-hybridized carbons (Fsp3) is 0.857. The third-order valence-electron chi connectivity index (χ3n) is 3.59. The van der Waals surface area contributed by atoms with Crippen LogP contribution in [0.3, 0.4) is 0 Å². The van der Waals surface area contributed by atoms with Gasteiger partial charge in [0.1, 0.15) is 11.6 Å². The lowest BCUT2D eigenvalue weighted by atomic mass is 9.71. The van der Waals surface area contributed by atoms with Crippen molar-refractivity contribution in [3.63, 3.8) is 0 Å². The highest BCUT2D eigenvalue weighted by Gasteiger charge is 2.37. The van der Waals surface area contributed by atoms with Crippen LogP contribution in [-0.2, 0) is 9.53 Å². The van der Waals surface area contributed by atoms with Crippen molar-refractivity contribution in [3.05, 3.63) is 0 Å². The highest BCUT2D eigenvalue weighted by Crippen LogP contribution is 2.37. The molecule has 5 nitrogen and oxygen atoms in total. The summed E-state index contributed by atoms with van der Waals surface area (Å²) in [6.45, 7) is 7.23. The maximum absolute atomic E-state index is 11.7. The van der Waals surface area contributed by atoms with Gasteiger partial charge in [0.2, 0.25) is 0 Å². The van der Waals surface area contributed by atoms with Crippen LogP contribution in [0.5, 0.6) is 0 Å². The van der Waals surface area contributed by atoms with Crippen LogP contribution >= 0.6 is 0 Å². The highest BCUT2D eigenvalue weighted by molar-refractivity contribution is 5.80. The molecule has 0 radical (unpaired) electrons. The van der Waals surface area contributed by atoms with Crippen LogP contribution in [0, 0.1) is 11.8 Å². The Morgan fingerprint density at radius 2 is 1.95 bits per heavy atom. The summed E-state index contributed by atoms with van der Waals surface area (Å²) in [6.07, 6.45) is 3.35. The first-order chi connectivity index (χ1) is 8.74. The van der Waals surface area contributed by atoms with Crippen LogP contribution in [-0.4, -0.2) is 28.8 Å². The van der Waals surface area contributed by atoms with E-state index >= 15 is 0 Å². The maximum Gasteiger partial charge on any atom is 0.408 e. The van der Waals surface area contributed by atoms with E-state index in [1.165, 1.54) is 0 Å². The second-order valence-corrected chi connectivity index (χ2v) is 6.23. The van der Waals surface area contributed by atoms with Crippen molar-refractivity contribution >= 4 is 12.1 Å². The van der Waals surface area contributed by atoms with Crippen molar-refractivity contribution < 1.29 is 19.4 Å². The molecule has 1 aliphatic carbocycles. The molecule has 2 N–H and O–H groups in total. The number of rotatable bonds is 5. The molecule has 0 aromatic heterocycles. The Labute approximate surface area is 114 Å². The summed E-state index contributed by atoms with van der Waals surface area (Å²) in [6, 6.07) is -0.856. The summed E-state index contributed by atoms with van der Waals surface area (Å²) in [5.41, 5.74) is -0.620. The van der Waals surface area contributed by atoms with Crippen molar-refractivity contribution in [2.75, 3.05) is 0 Å². The number of hydrogen-bond donors (Lipinski definition) is 2. The third kappa shape index (κ3) is 4.73. The van der Waals surface area contributed by atoms with Gasteiger partial charge in [-0.25, -0.2) is 9.59 Å². The normalized spacial score (nSPS) is 19.2. The summed E-state index contributed by atoms with van der Waals surface area (Å²) < 4.78 is 5.13. The Bertz CT molecular complexity index is 331. The second-order valence-electron chi connectivity index (χ2n) is 6.23. The van der Waals surface area contributed by atoms with E-state index < -0.39 is 23.7 Å². The number of nitrogens with one attached hydrogen (secondary N) is 1. The molecule has 1 amide bonds. The lowest BCUT2D eigenvalue weighted by Gasteiger charge is -2.36. The predicted molar refractivity (Wildman–Crippen MR) is 71.9 cm³/mol. The zero-order chi connectivity index (χ0) is 14.6. The fourth-order valence-electron chi connectivity index (χ4n) is 2.50. The Morgan fingerprint density at radius 1 is 1.37 bits per heavy atom. The molecule has 0 spiro atoms. The zero-order valence-electron chi connectivity index (χ0n) is 12.2. The summed E-state index contributed by atoms with van der Waals surface area (Å²) in [5, 5.41) is 11.8. The molecule has 5 heteroatoms. The SMILES string of the molecule is CCC(C1CCC1)[C@H](NC(=O)OC(C)(C)C)C(=O)O. The minimum Gasteiger partial charge on any atom is -0.480 e. The number of carboxylic acids is 1. The molecular weight excluding hydrogens is 246 g/mol. The van der Waals surface area contributed by atoms with Gasteiger partial charge in [-0.1, -0.05) is 32.6 Å². The van der Waals surface area contributed by atoms with Gasteiger partial charge in [0.15, 0.2) is 0 Å². The van der Waals surface area contributed by atoms with E-state index in [-0.39, 0.29) is 5.92 Å². The topological polar surface area (TPSA) is 75.6 Å². The number of carboxylic acid groups (broad SMARTS) is 1. The van der Waals surface area contributed by atoms with Crippen LogP contribution in [0.15, 0.2) is 0 Å². The quantitative estimate of drug-likeness (QED) is 0.806. The standard InChI is InChI=1S/C14H25NO4/c1-5-10(9-7-6-8-9)11(12(16)17)15-13(18)19-14(2,3)4/h9-11H,5-8H2,1-4H3,(H,15,18)(H,16,17)/t10?,11-/m0/s1. The van der Waals surface area contributed by atoms with Gasteiger partial charge >= 0.3 is 12.1 Å². The van der Waals surface area contributed by atoms with Crippen LogP contribution in [0.4, 0.5) is 4.79 Å². The molecule has 2 atom stereocenters. The third-order valence-corrected chi connectivity index (χ3v) is 3.59. The van der Waals surface area contributed by atoms with E-state index in [4.69, 9.17) is 4.74 Å². The van der Waals surface area contributed by atoms with Gasteiger partial charge in [-0.2, -0.15) is 0 Å². The van der Waals surface area contributed by atoms with E-state index in [2.05, 4.69) is 5.32 Å².